The number of hydrogen-bond donors (Lipinski definition) is 2. The number of anilines is 1. The minimum Gasteiger partial charge on any atom is -0.396 e. The minimum absolute atomic E-state index is 0.0583. The Morgan fingerprint density at radius 2 is 2.25 bits per heavy atom. The smallest absolute Gasteiger partial charge is 0.255 e. The van der Waals surface area contributed by atoms with Gasteiger partial charge in [-0.1, -0.05) is 5.16 Å². The summed E-state index contributed by atoms with van der Waals surface area (Å²) >= 11 is 0. The first kappa shape index (κ1) is 10.6. The van der Waals surface area contributed by atoms with Gasteiger partial charge in [0.15, 0.2) is 0 Å². The lowest BCUT2D eigenvalue weighted by atomic mass is 10.2. The summed E-state index contributed by atoms with van der Waals surface area (Å²) in [5.41, 5.74) is 5.85. The molecule has 1 heterocycles. The lowest BCUT2D eigenvalue weighted by Crippen LogP contribution is -1.92. The molecule has 5 nitrogen and oxygen atoms in total. The number of aliphatic hydroxyl groups excluding tert-OH is 1. The normalized spacial score (nSPS) is 12.7. The van der Waals surface area contributed by atoms with Crippen molar-refractivity contribution < 1.29 is 14.0 Å². The second kappa shape index (κ2) is 3.90. The van der Waals surface area contributed by atoms with Crippen molar-refractivity contribution in [3.8, 4) is 11.4 Å². The average molecular weight is 223 g/mol. The van der Waals surface area contributed by atoms with Gasteiger partial charge in [-0.3, -0.25) is 0 Å². The van der Waals surface area contributed by atoms with E-state index in [4.69, 9.17) is 10.3 Å². The van der Waals surface area contributed by atoms with Gasteiger partial charge in [-0.05, 0) is 25.1 Å². The standard InChI is InChI=1S/C10H10FN3O2/c1-5(15)10-13-9(14-16-10)6-2-3-8(12)7(11)4-6/h2-5,15H,12H2,1H3/t5-/m0/s1. The zero-order chi connectivity index (χ0) is 11.7. The number of nitrogen functional groups attached to an aromatic ring is 1. The fourth-order valence-electron chi connectivity index (χ4n) is 1.19. The van der Waals surface area contributed by atoms with E-state index in [2.05, 4.69) is 10.1 Å². The molecule has 2 rings (SSSR count). The first-order chi connectivity index (χ1) is 7.58. The molecule has 0 unspecified atom stereocenters. The van der Waals surface area contributed by atoms with E-state index in [0.717, 1.165) is 0 Å². The van der Waals surface area contributed by atoms with Gasteiger partial charge in [0, 0.05) is 5.56 Å². The zero-order valence-corrected chi connectivity index (χ0v) is 8.51. The summed E-state index contributed by atoms with van der Waals surface area (Å²) in [6.07, 6.45) is -0.847. The van der Waals surface area contributed by atoms with Gasteiger partial charge in [0.25, 0.3) is 5.89 Å². The van der Waals surface area contributed by atoms with E-state index in [1.165, 1.54) is 19.1 Å². The van der Waals surface area contributed by atoms with E-state index < -0.39 is 11.9 Å². The van der Waals surface area contributed by atoms with Crippen molar-refractivity contribution in [2.75, 3.05) is 5.73 Å². The SMILES string of the molecule is C[C@H](O)c1nc(-c2ccc(N)c(F)c2)no1. The Hall–Kier alpha value is -1.95. The molecule has 84 valence electrons. The predicted octanol–water partition coefficient (Wildman–Crippen LogP) is 1.51. The molecule has 0 aliphatic carbocycles. The number of benzene rings is 1. The van der Waals surface area contributed by atoms with Crippen molar-refractivity contribution in [3.63, 3.8) is 0 Å². The molecule has 0 radical (unpaired) electrons. The summed E-state index contributed by atoms with van der Waals surface area (Å²) in [5.74, 6) is -0.233. The van der Waals surface area contributed by atoms with Gasteiger partial charge in [0.2, 0.25) is 5.82 Å². The zero-order valence-electron chi connectivity index (χ0n) is 8.51. The van der Waals surface area contributed by atoms with Crippen molar-refractivity contribution in [2.24, 2.45) is 0 Å². The molecule has 0 aliphatic heterocycles. The largest absolute Gasteiger partial charge is 0.396 e. The molecule has 0 fully saturated rings. The summed E-state index contributed by atoms with van der Waals surface area (Å²) in [7, 11) is 0. The van der Waals surface area contributed by atoms with Crippen LogP contribution in [0.3, 0.4) is 0 Å². The van der Waals surface area contributed by atoms with Crippen LogP contribution < -0.4 is 5.73 Å². The van der Waals surface area contributed by atoms with Gasteiger partial charge in [-0.2, -0.15) is 4.98 Å². The van der Waals surface area contributed by atoms with E-state index in [1.807, 2.05) is 0 Å². The Morgan fingerprint density at radius 1 is 1.50 bits per heavy atom. The monoisotopic (exact) mass is 223 g/mol. The van der Waals surface area contributed by atoms with Crippen LogP contribution in [0.1, 0.15) is 18.9 Å². The summed E-state index contributed by atoms with van der Waals surface area (Å²) in [5, 5.41) is 12.8. The van der Waals surface area contributed by atoms with Crippen molar-refractivity contribution in [2.45, 2.75) is 13.0 Å². The second-order valence-corrected chi connectivity index (χ2v) is 3.37. The first-order valence-electron chi connectivity index (χ1n) is 4.65. The van der Waals surface area contributed by atoms with Crippen LogP contribution in [0, 0.1) is 5.82 Å². The molecule has 0 spiro atoms. The first-order valence-corrected chi connectivity index (χ1v) is 4.65. The number of hydrogen-bond acceptors (Lipinski definition) is 5. The molecule has 0 bridgehead atoms. The molecule has 0 aliphatic rings. The average Bonchev–Trinajstić information content (AvgIpc) is 2.71. The minimum atomic E-state index is -0.847. The van der Waals surface area contributed by atoms with Crippen LogP contribution in [0.5, 0.6) is 0 Å². The highest BCUT2D eigenvalue weighted by atomic mass is 19.1. The Labute approximate surface area is 90.7 Å². The van der Waals surface area contributed by atoms with Crippen molar-refractivity contribution in [1.29, 1.82) is 0 Å². The van der Waals surface area contributed by atoms with Crippen LogP contribution in [0.15, 0.2) is 22.7 Å². The highest BCUT2D eigenvalue weighted by Gasteiger charge is 2.13. The van der Waals surface area contributed by atoms with E-state index in [1.54, 1.807) is 6.07 Å². The van der Waals surface area contributed by atoms with Crippen LogP contribution >= 0.6 is 0 Å². The van der Waals surface area contributed by atoms with Gasteiger partial charge in [-0.15, -0.1) is 0 Å². The molecule has 16 heavy (non-hydrogen) atoms. The fraction of sp³-hybridized carbons (Fsp3) is 0.200. The quantitative estimate of drug-likeness (QED) is 0.754. The fourth-order valence-corrected chi connectivity index (χ4v) is 1.19. The van der Waals surface area contributed by atoms with Crippen LogP contribution in [0.2, 0.25) is 0 Å². The molecule has 1 aromatic heterocycles. The topological polar surface area (TPSA) is 85.2 Å². The number of halogens is 1. The van der Waals surface area contributed by atoms with E-state index >= 15 is 0 Å². The second-order valence-electron chi connectivity index (χ2n) is 3.37. The molecule has 2 aromatic rings. The number of nitrogens with zero attached hydrogens (tertiary/aromatic N) is 2. The van der Waals surface area contributed by atoms with Gasteiger partial charge >= 0.3 is 0 Å². The lowest BCUT2D eigenvalue weighted by molar-refractivity contribution is 0.152. The van der Waals surface area contributed by atoms with Gasteiger partial charge < -0.3 is 15.4 Å². The summed E-state index contributed by atoms with van der Waals surface area (Å²) in [6, 6.07) is 4.21. The molecular formula is C10H10FN3O2. The molecule has 6 heteroatoms. The Bertz CT molecular complexity index is 511. The highest BCUT2D eigenvalue weighted by molar-refractivity contribution is 5.58. The number of aromatic nitrogens is 2. The maximum Gasteiger partial charge on any atom is 0.255 e. The third-order valence-corrected chi connectivity index (χ3v) is 2.06. The maximum atomic E-state index is 13.2. The van der Waals surface area contributed by atoms with Gasteiger partial charge in [0.1, 0.15) is 11.9 Å². The lowest BCUT2D eigenvalue weighted by Gasteiger charge is -1.97. The third kappa shape index (κ3) is 1.87. The number of aliphatic hydroxyl groups is 1. The van der Waals surface area contributed by atoms with Crippen molar-refractivity contribution in [1.82, 2.24) is 10.1 Å². The Balaban J connectivity index is 2.39. The molecule has 0 saturated heterocycles. The summed E-state index contributed by atoms with van der Waals surface area (Å²) in [4.78, 5) is 3.92. The van der Waals surface area contributed by atoms with E-state index in [-0.39, 0.29) is 17.4 Å². The highest BCUT2D eigenvalue weighted by Crippen LogP contribution is 2.21. The Kier molecular flexibility index (Phi) is 2.57. The molecule has 1 atom stereocenters. The van der Waals surface area contributed by atoms with E-state index in [9.17, 15) is 9.50 Å². The van der Waals surface area contributed by atoms with Gasteiger partial charge in [-0.25, -0.2) is 4.39 Å². The molecule has 0 saturated carbocycles. The summed E-state index contributed by atoms with van der Waals surface area (Å²) in [6.45, 7) is 1.50. The van der Waals surface area contributed by atoms with Crippen molar-refractivity contribution in [3.05, 3.63) is 29.9 Å². The number of nitrogens with two attached hydrogens (primary N) is 1. The maximum absolute atomic E-state index is 13.2. The van der Waals surface area contributed by atoms with Crippen LogP contribution in [0.4, 0.5) is 10.1 Å². The van der Waals surface area contributed by atoms with Crippen LogP contribution in [0.25, 0.3) is 11.4 Å². The van der Waals surface area contributed by atoms with Gasteiger partial charge in [0.05, 0.1) is 5.69 Å². The molecule has 1 aromatic carbocycles. The molecule has 0 amide bonds. The molecular weight excluding hydrogens is 213 g/mol. The Morgan fingerprint density at radius 3 is 2.81 bits per heavy atom. The molecule has 3 N–H and O–H groups in total. The van der Waals surface area contributed by atoms with Crippen LogP contribution in [-0.2, 0) is 0 Å². The van der Waals surface area contributed by atoms with E-state index in [0.29, 0.717) is 5.56 Å². The van der Waals surface area contributed by atoms with Crippen molar-refractivity contribution >= 4 is 5.69 Å². The predicted molar refractivity (Wildman–Crippen MR) is 54.7 cm³/mol. The number of rotatable bonds is 2. The summed E-state index contributed by atoms with van der Waals surface area (Å²) < 4.78 is 18.0. The van der Waals surface area contributed by atoms with Crippen LogP contribution in [-0.4, -0.2) is 15.2 Å². The third-order valence-electron chi connectivity index (χ3n) is 2.06.